The van der Waals surface area contributed by atoms with E-state index >= 15 is 0 Å². The molecule has 0 aromatic carbocycles. The Hall–Kier alpha value is -0.0800. The van der Waals surface area contributed by atoms with E-state index in [1.165, 1.54) is 0 Å². The molecule has 0 saturated heterocycles. The van der Waals surface area contributed by atoms with Gasteiger partial charge in [-0.15, -0.1) is 0 Å². The van der Waals surface area contributed by atoms with Crippen LogP contribution in [0.2, 0.25) is 19.6 Å². The van der Waals surface area contributed by atoms with Crippen molar-refractivity contribution >= 4 is 20.3 Å². The number of unbranched alkanes of at least 4 members (excludes halogenated alkanes) is 3. The van der Waals surface area contributed by atoms with Gasteiger partial charge in [0.15, 0.2) is 8.32 Å². The molecule has 1 aliphatic rings. The number of carboxylic acid groups (broad SMARTS) is 1. The summed E-state index contributed by atoms with van der Waals surface area (Å²) in [5, 5.41) is 25.2. The third-order valence-electron chi connectivity index (χ3n) is 4.15. The number of esters is 1. The van der Waals surface area contributed by atoms with Gasteiger partial charge in [-0.25, -0.2) is 0 Å². The minimum absolute atomic E-state index is 0. The van der Waals surface area contributed by atoms with Gasteiger partial charge in [-0.1, -0.05) is 52.9 Å². The van der Waals surface area contributed by atoms with Crippen molar-refractivity contribution in [3.8, 4) is 0 Å². The smallest absolute Gasteiger partial charge is 0.309 e. The molecule has 0 aliphatic heterocycles. The Balaban J connectivity index is -0.000000202. The molecule has 0 aromatic heterocycles. The predicted molar refractivity (Wildman–Crippen MR) is 129 cm³/mol. The van der Waals surface area contributed by atoms with Crippen molar-refractivity contribution in [1.82, 2.24) is 0 Å². The van der Waals surface area contributed by atoms with E-state index in [0.717, 1.165) is 51.4 Å². The first-order valence-corrected chi connectivity index (χ1v) is 15.3. The summed E-state index contributed by atoms with van der Waals surface area (Å²) in [6.45, 7) is 12.9. The molecule has 192 valence electrons. The summed E-state index contributed by atoms with van der Waals surface area (Å²) < 4.78 is 5.10. The molecule has 1 fully saturated rings. The van der Waals surface area contributed by atoms with Gasteiger partial charge < -0.3 is 24.9 Å². The number of aliphatic carboxylic acids is 1. The molecule has 2 atom stereocenters. The molecule has 32 heavy (non-hydrogen) atoms. The summed E-state index contributed by atoms with van der Waals surface area (Å²) in [5.41, 5.74) is 0. The number of carbonyl (C=O) groups excluding carboxylic acids is 1. The maximum Gasteiger partial charge on any atom is 0.309 e. The molecule has 2 unspecified atom stereocenters. The molecule has 1 saturated carbocycles. The van der Waals surface area contributed by atoms with Crippen molar-refractivity contribution in [1.29, 1.82) is 0 Å². The van der Waals surface area contributed by atoms with Crippen LogP contribution in [0.25, 0.3) is 0 Å². The number of hydrogen-bond donors (Lipinski definition) is 4. The van der Waals surface area contributed by atoms with Crippen molar-refractivity contribution in [2.75, 3.05) is 19.8 Å². The Morgan fingerprint density at radius 3 is 1.50 bits per heavy atom. The molecule has 7 nitrogen and oxygen atoms in total. The van der Waals surface area contributed by atoms with Gasteiger partial charge in [0.25, 0.3) is 0 Å². The van der Waals surface area contributed by atoms with Gasteiger partial charge >= 0.3 is 11.9 Å². The van der Waals surface area contributed by atoms with Crippen LogP contribution in [-0.2, 0) is 40.5 Å². The molecule has 9 heteroatoms. The van der Waals surface area contributed by atoms with E-state index in [4.69, 9.17) is 24.9 Å². The minimum atomic E-state index is -1.61. The summed E-state index contributed by atoms with van der Waals surface area (Å²) >= 11 is 0. The second-order valence-corrected chi connectivity index (χ2v) is 13.0. The first-order chi connectivity index (χ1) is 14.5. The average molecular weight is 558 g/mol. The fraction of sp³-hybridized carbons (Fsp3) is 0.913. The first kappa shape index (κ1) is 39.1. The van der Waals surface area contributed by atoms with Gasteiger partial charge in [0.2, 0.25) is 0 Å². The van der Waals surface area contributed by atoms with Gasteiger partial charge in [0, 0.05) is 39.4 Å². The quantitative estimate of drug-likeness (QED) is 0.186. The molecule has 0 aromatic rings. The van der Waals surface area contributed by atoms with Crippen LogP contribution in [0.1, 0.15) is 85.0 Å². The third kappa shape index (κ3) is 32.1. The second kappa shape index (κ2) is 27.2. The molecule has 0 radical (unpaired) electrons. The Labute approximate surface area is 216 Å². The van der Waals surface area contributed by atoms with Gasteiger partial charge in [-0.3, -0.25) is 9.59 Å². The Kier molecular flexibility index (Phi) is 33.2. The zero-order chi connectivity index (χ0) is 24.7. The largest absolute Gasteiger partial charge is 0.481 e. The van der Waals surface area contributed by atoms with Gasteiger partial charge in [-0.2, -0.15) is 0 Å². The van der Waals surface area contributed by atoms with Crippen LogP contribution in [0.5, 0.6) is 0 Å². The van der Waals surface area contributed by atoms with Crippen LogP contribution in [0.15, 0.2) is 0 Å². The molecule has 0 amide bonds. The topological polar surface area (TPSA) is 124 Å². The zero-order valence-corrected chi connectivity index (χ0v) is 24.8. The Bertz CT molecular complexity index is 402. The van der Waals surface area contributed by atoms with Crippen molar-refractivity contribution in [3.05, 3.63) is 0 Å². The zero-order valence-electron chi connectivity index (χ0n) is 21.4. The predicted octanol–water partition coefficient (Wildman–Crippen LogP) is 4.59. The number of aliphatic hydroxyl groups is 2. The standard InChI is InChI=1S/C12H20O4.2C4H10O.C3H10OSi.Zr/c1-2-3-8-16-12(15)10-7-5-4-6-9(10)11(13)14;2*1-2-3-4-5;1-5(2,3)4;/h9-10H,2-8H2,1H3,(H,13,14);2*5H,2-4H2,1H3;4H,1-3H3;. The molecule has 0 bridgehead atoms. The van der Waals surface area contributed by atoms with Crippen LogP contribution in [-0.4, -0.2) is 60.2 Å². The molecule has 4 N–H and O–H groups in total. The number of rotatable bonds is 9. The van der Waals surface area contributed by atoms with Gasteiger partial charge in [-0.05, 0) is 51.7 Å². The monoisotopic (exact) mass is 556 g/mol. The van der Waals surface area contributed by atoms with E-state index in [9.17, 15) is 9.59 Å². The van der Waals surface area contributed by atoms with E-state index in [1.54, 1.807) is 0 Å². The van der Waals surface area contributed by atoms with Crippen molar-refractivity contribution in [2.45, 2.75) is 105 Å². The van der Waals surface area contributed by atoms with E-state index < -0.39 is 26.1 Å². The van der Waals surface area contributed by atoms with E-state index in [1.807, 2.05) is 26.6 Å². The number of aliphatic hydroxyl groups excluding tert-OH is 2. The summed E-state index contributed by atoms with van der Waals surface area (Å²) in [5.74, 6) is -2.15. The van der Waals surface area contributed by atoms with Crippen LogP contribution in [0.4, 0.5) is 0 Å². The molecule has 1 rings (SSSR count). The Morgan fingerprint density at radius 1 is 0.844 bits per heavy atom. The Morgan fingerprint density at radius 2 is 1.22 bits per heavy atom. The normalized spacial score (nSPS) is 17.0. The second-order valence-electron chi connectivity index (χ2n) is 8.68. The van der Waals surface area contributed by atoms with Crippen LogP contribution < -0.4 is 0 Å². The average Bonchev–Trinajstić information content (AvgIpc) is 2.69. The third-order valence-corrected chi connectivity index (χ3v) is 4.15. The summed E-state index contributed by atoms with van der Waals surface area (Å²) in [6, 6.07) is 0. The van der Waals surface area contributed by atoms with Crippen molar-refractivity contribution in [2.24, 2.45) is 11.8 Å². The number of hydrogen-bond acceptors (Lipinski definition) is 6. The summed E-state index contributed by atoms with van der Waals surface area (Å²) in [7, 11) is -1.61. The summed E-state index contributed by atoms with van der Waals surface area (Å²) in [6.07, 6.45) is 8.97. The molecule has 0 heterocycles. The number of carboxylic acids is 1. The maximum absolute atomic E-state index is 11.7. The van der Waals surface area contributed by atoms with E-state index in [0.29, 0.717) is 32.7 Å². The van der Waals surface area contributed by atoms with Crippen LogP contribution >= 0.6 is 0 Å². The van der Waals surface area contributed by atoms with Crippen LogP contribution in [0, 0.1) is 11.8 Å². The molecule has 1 aliphatic carbocycles. The fourth-order valence-electron chi connectivity index (χ4n) is 2.45. The molecule has 0 spiro atoms. The van der Waals surface area contributed by atoms with Crippen molar-refractivity contribution < 1.29 is 60.6 Å². The first-order valence-electron chi connectivity index (χ1n) is 11.8. The number of ether oxygens (including phenoxy) is 1. The molecular weight excluding hydrogens is 508 g/mol. The van der Waals surface area contributed by atoms with Gasteiger partial charge in [0.05, 0.1) is 18.4 Å². The maximum atomic E-state index is 11.7. The van der Waals surface area contributed by atoms with Crippen molar-refractivity contribution in [3.63, 3.8) is 0 Å². The van der Waals surface area contributed by atoms with Crippen LogP contribution in [0.3, 0.4) is 0 Å². The van der Waals surface area contributed by atoms with E-state index in [-0.39, 0.29) is 32.2 Å². The minimum Gasteiger partial charge on any atom is -0.481 e. The SMILES string of the molecule is CCCCO.CCCCO.CCCCOC(=O)C1CCCCC1C(=O)O.C[Si](C)(C)O.[Zr]. The van der Waals surface area contributed by atoms with Gasteiger partial charge in [0.1, 0.15) is 0 Å². The fourth-order valence-corrected chi connectivity index (χ4v) is 2.45. The summed E-state index contributed by atoms with van der Waals surface area (Å²) in [4.78, 5) is 31.4. The number of carbonyl (C=O) groups is 2. The molecular formula is C23H50O7SiZr. The van der Waals surface area contributed by atoms with E-state index in [2.05, 4.69) is 13.8 Å².